The molecule has 2 heterocycles. The molecule has 29 heavy (non-hydrogen) atoms. The third-order valence-electron chi connectivity index (χ3n) is 4.81. The number of nitrogens with zero attached hydrogens (tertiary/aromatic N) is 1. The number of ketones is 1. The monoisotopic (exact) mass is 597 g/mol. The molecule has 1 N–H and O–H groups in total. The standard InChI is InChI=1S/C21H14Br3NO3S/c22-13-3-1-12(2-4-13)11-25-16-6-5-14(23)9-15(16)21(28,20(25)27)10-17(26)18-7-8-19(24)29-18/h1-9,28H,10-11H2. The van der Waals surface area contributed by atoms with Crippen molar-refractivity contribution in [1.29, 1.82) is 0 Å². The van der Waals surface area contributed by atoms with Gasteiger partial charge in [0.2, 0.25) is 0 Å². The molecule has 148 valence electrons. The molecule has 8 heteroatoms. The van der Waals surface area contributed by atoms with Gasteiger partial charge in [0.15, 0.2) is 11.4 Å². The lowest BCUT2D eigenvalue weighted by Crippen LogP contribution is -2.41. The molecule has 0 saturated carbocycles. The highest BCUT2D eigenvalue weighted by atomic mass is 79.9. The number of carbonyl (C=O) groups excluding carboxylic acids is 2. The van der Waals surface area contributed by atoms with Crippen LogP contribution in [0.3, 0.4) is 0 Å². The van der Waals surface area contributed by atoms with Crippen LogP contribution < -0.4 is 4.90 Å². The van der Waals surface area contributed by atoms with Crippen molar-refractivity contribution in [2.45, 2.75) is 18.6 Å². The van der Waals surface area contributed by atoms with Crippen LogP contribution in [0.2, 0.25) is 0 Å². The van der Waals surface area contributed by atoms with Gasteiger partial charge in [-0.2, -0.15) is 0 Å². The molecule has 1 aliphatic heterocycles. The topological polar surface area (TPSA) is 57.6 Å². The highest BCUT2D eigenvalue weighted by Gasteiger charge is 2.51. The summed E-state index contributed by atoms with van der Waals surface area (Å²) in [5.41, 5.74) is 0.0806. The highest BCUT2D eigenvalue weighted by molar-refractivity contribution is 9.11. The van der Waals surface area contributed by atoms with Gasteiger partial charge in [-0.05, 0) is 64.0 Å². The van der Waals surface area contributed by atoms with Crippen LogP contribution in [0.1, 0.15) is 27.2 Å². The zero-order chi connectivity index (χ0) is 20.8. The number of anilines is 1. The van der Waals surface area contributed by atoms with Gasteiger partial charge in [-0.1, -0.05) is 44.0 Å². The second kappa shape index (κ2) is 8.07. The Bertz CT molecular complexity index is 1110. The largest absolute Gasteiger partial charge is 0.375 e. The first-order valence-corrected chi connectivity index (χ1v) is 11.8. The summed E-state index contributed by atoms with van der Waals surface area (Å²) < 4.78 is 2.51. The van der Waals surface area contributed by atoms with E-state index in [2.05, 4.69) is 47.8 Å². The molecule has 1 amide bonds. The van der Waals surface area contributed by atoms with Gasteiger partial charge in [0.05, 0.1) is 27.3 Å². The van der Waals surface area contributed by atoms with Gasteiger partial charge in [-0.25, -0.2) is 0 Å². The molecule has 1 unspecified atom stereocenters. The molecule has 1 aliphatic rings. The number of Topliss-reactive ketones (excluding diaryl/α,β-unsaturated/α-hetero) is 1. The van der Waals surface area contributed by atoms with Gasteiger partial charge in [-0.15, -0.1) is 11.3 Å². The van der Waals surface area contributed by atoms with Crippen molar-refractivity contribution in [2.75, 3.05) is 4.90 Å². The second-order valence-corrected chi connectivity index (χ2v) is 11.0. The molecule has 4 rings (SSSR count). The van der Waals surface area contributed by atoms with Crippen molar-refractivity contribution in [3.63, 3.8) is 0 Å². The molecule has 1 atom stereocenters. The quantitative estimate of drug-likeness (QED) is 0.364. The van der Waals surface area contributed by atoms with Gasteiger partial charge in [0.25, 0.3) is 5.91 Å². The van der Waals surface area contributed by atoms with Crippen molar-refractivity contribution in [3.05, 3.63) is 83.3 Å². The van der Waals surface area contributed by atoms with Crippen molar-refractivity contribution in [2.24, 2.45) is 0 Å². The molecule has 1 aromatic heterocycles. The van der Waals surface area contributed by atoms with Gasteiger partial charge in [-0.3, -0.25) is 9.59 Å². The lowest BCUT2D eigenvalue weighted by atomic mass is 9.89. The van der Waals surface area contributed by atoms with Gasteiger partial charge in [0, 0.05) is 14.5 Å². The first-order chi connectivity index (χ1) is 13.8. The fraction of sp³-hybridized carbons (Fsp3) is 0.143. The Balaban J connectivity index is 1.71. The summed E-state index contributed by atoms with van der Waals surface area (Å²) in [5, 5.41) is 11.4. The van der Waals surface area contributed by atoms with Crippen LogP contribution >= 0.6 is 59.1 Å². The zero-order valence-electron chi connectivity index (χ0n) is 14.9. The van der Waals surface area contributed by atoms with Crippen molar-refractivity contribution in [1.82, 2.24) is 0 Å². The summed E-state index contributed by atoms with van der Waals surface area (Å²) in [6.07, 6.45) is -0.306. The molecule has 0 aliphatic carbocycles. The number of carbonyl (C=O) groups is 2. The highest BCUT2D eigenvalue weighted by Crippen LogP contribution is 2.45. The summed E-state index contributed by atoms with van der Waals surface area (Å²) in [6.45, 7) is 0.307. The maximum atomic E-state index is 13.3. The van der Waals surface area contributed by atoms with Crippen LogP contribution in [-0.4, -0.2) is 16.8 Å². The lowest BCUT2D eigenvalue weighted by molar-refractivity contribution is -0.136. The smallest absolute Gasteiger partial charge is 0.264 e. The molecule has 2 aromatic carbocycles. The van der Waals surface area contributed by atoms with Crippen molar-refractivity contribution >= 4 is 76.5 Å². The Labute approximate surface area is 196 Å². The molecule has 3 aromatic rings. The number of amides is 1. The van der Waals surface area contributed by atoms with Crippen LogP contribution in [0.15, 0.2) is 67.3 Å². The fourth-order valence-corrected chi connectivity index (χ4v) is 5.36. The molecule has 0 saturated heterocycles. The first kappa shape index (κ1) is 20.9. The van der Waals surface area contributed by atoms with E-state index in [1.54, 1.807) is 29.2 Å². The predicted octanol–water partition coefficient (Wildman–Crippen LogP) is 6.04. The fourth-order valence-electron chi connectivity index (χ4n) is 3.41. The van der Waals surface area contributed by atoms with E-state index in [0.717, 1.165) is 18.3 Å². The third kappa shape index (κ3) is 4.01. The number of thiophene rings is 1. The Morgan fingerprint density at radius 3 is 2.34 bits per heavy atom. The maximum absolute atomic E-state index is 13.3. The Morgan fingerprint density at radius 2 is 1.69 bits per heavy atom. The van der Waals surface area contributed by atoms with E-state index in [9.17, 15) is 14.7 Å². The van der Waals surface area contributed by atoms with E-state index in [1.165, 1.54) is 11.3 Å². The SMILES string of the molecule is O=C(CC1(O)C(=O)N(Cc2ccc(Br)cc2)c2ccc(Br)cc21)c1ccc(Br)s1. The van der Waals surface area contributed by atoms with Gasteiger partial charge in [0.1, 0.15) is 0 Å². The third-order valence-corrected chi connectivity index (χ3v) is 7.50. The van der Waals surface area contributed by atoms with E-state index >= 15 is 0 Å². The van der Waals surface area contributed by atoms with Crippen LogP contribution in [-0.2, 0) is 16.9 Å². The van der Waals surface area contributed by atoms with E-state index in [1.807, 2.05) is 30.3 Å². The summed E-state index contributed by atoms with van der Waals surface area (Å²) in [5.74, 6) is -0.759. The Morgan fingerprint density at radius 1 is 1.00 bits per heavy atom. The number of aliphatic hydroxyl groups is 1. The molecular formula is C21H14Br3NO3S. The molecule has 0 spiro atoms. The minimum atomic E-state index is -1.90. The molecule has 0 radical (unpaired) electrons. The molecule has 0 bridgehead atoms. The summed E-state index contributed by atoms with van der Waals surface area (Å²) in [4.78, 5) is 28.2. The average Bonchev–Trinajstić information content (AvgIpc) is 3.20. The van der Waals surface area contributed by atoms with Crippen LogP contribution in [0.25, 0.3) is 0 Å². The number of rotatable bonds is 5. The van der Waals surface area contributed by atoms with Crippen LogP contribution in [0, 0.1) is 0 Å². The number of benzene rings is 2. The minimum Gasteiger partial charge on any atom is -0.375 e. The van der Waals surface area contributed by atoms with E-state index < -0.39 is 11.5 Å². The molecule has 0 fully saturated rings. The molecular weight excluding hydrogens is 586 g/mol. The molecule has 4 nitrogen and oxygen atoms in total. The number of fused-ring (bicyclic) bond motifs is 1. The minimum absolute atomic E-state index is 0.270. The lowest BCUT2D eigenvalue weighted by Gasteiger charge is -2.22. The predicted molar refractivity (Wildman–Crippen MR) is 124 cm³/mol. The van der Waals surface area contributed by atoms with E-state index in [-0.39, 0.29) is 12.2 Å². The second-order valence-electron chi connectivity index (χ2n) is 6.74. The normalized spacial score (nSPS) is 18.2. The number of hydrogen-bond acceptors (Lipinski definition) is 4. The van der Waals surface area contributed by atoms with Crippen molar-refractivity contribution in [3.8, 4) is 0 Å². The van der Waals surface area contributed by atoms with Gasteiger partial charge < -0.3 is 10.0 Å². The number of hydrogen-bond donors (Lipinski definition) is 1. The summed E-state index contributed by atoms with van der Waals surface area (Å²) >= 11 is 11.4. The number of halogens is 3. The maximum Gasteiger partial charge on any atom is 0.264 e. The van der Waals surface area contributed by atoms with E-state index in [0.29, 0.717) is 22.7 Å². The van der Waals surface area contributed by atoms with Crippen molar-refractivity contribution < 1.29 is 14.7 Å². The van der Waals surface area contributed by atoms with Gasteiger partial charge >= 0.3 is 0 Å². The first-order valence-electron chi connectivity index (χ1n) is 8.65. The summed E-state index contributed by atoms with van der Waals surface area (Å²) in [7, 11) is 0. The van der Waals surface area contributed by atoms with Crippen LogP contribution in [0.4, 0.5) is 5.69 Å². The van der Waals surface area contributed by atoms with Crippen LogP contribution in [0.5, 0.6) is 0 Å². The summed E-state index contributed by atoms with van der Waals surface area (Å²) in [6, 6.07) is 16.5. The van der Waals surface area contributed by atoms with E-state index in [4.69, 9.17) is 0 Å². The Kier molecular flexibility index (Phi) is 5.83. The zero-order valence-corrected chi connectivity index (χ0v) is 20.4. The Hall–Kier alpha value is -1.32. The average molecular weight is 600 g/mol.